The molecule has 4 rings (SSSR count). The van der Waals surface area contributed by atoms with Crippen molar-refractivity contribution in [1.29, 1.82) is 0 Å². The minimum atomic E-state index is -6.09. The molecule has 0 spiro atoms. The highest BCUT2D eigenvalue weighted by Crippen LogP contribution is 2.48. The number of alkyl halides is 3. The fraction of sp³-hybridized carbons (Fsp3) is 0.208. The zero-order valence-electron chi connectivity index (χ0n) is 17.2. The largest absolute Gasteiger partial charge is 0.741 e. The summed E-state index contributed by atoms with van der Waals surface area (Å²) < 4.78 is 58.9. The average molecular weight is 446 g/mol. The summed E-state index contributed by atoms with van der Waals surface area (Å²) in [6.45, 7) is 6.87. The summed E-state index contributed by atoms with van der Waals surface area (Å²) in [5.41, 5.74) is 2.64. The van der Waals surface area contributed by atoms with E-state index in [-0.39, 0.29) is 5.41 Å². The molecule has 0 atom stereocenters. The smallest absolute Gasteiger partial charge is 0.485 e. The van der Waals surface area contributed by atoms with E-state index in [0.29, 0.717) is 0 Å². The van der Waals surface area contributed by atoms with Crippen LogP contribution in [0.2, 0.25) is 0 Å². The van der Waals surface area contributed by atoms with Gasteiger partial charge in [-0.1, -0.05) is 26.8 Å². The van der Waals surface area contributed by atoms with E-state index in [1.54, 1.807) is 0 Å². The van der Waals surface area contributed by atoms with E-state index in [4.69, 9.17) is 13.0 Å². The SMILES string of the molecule is CC(C)(C)c1ccccc1[C+]1c2ccccc2-c2ccccc21.O=S(=O)([O-])C(F)(F)F. The first-order chi connectivity index (χ1) is 14.3. The first-order valence-electron chi connectivity index (χ1n) is 9.50. The molecule has 0 amide bonds. The summed E-state index contributed by atoms with van der Waals surface area (Å²) in [6.07, 6.45) is 0. The van der Waals surface area contributed by atoms with Gasteiger partial charge in [0.05, 0.1) is 33.7 Å². The van der Waals surface area contributed by atoms with Gasteiger partial charge in [0, 0.05) is 11.0 Å². The van der Waals surface area contributed by atoms with Crippen LogP contribution in [0.4, 0.5) is 13.2 Å². The van der Waals surface area contributed by atoms with Crippen LogP contribution in [0.3, 0.4) is 0 Å². The van der Waals surface area contributed by atoms with Crippen molar-refractivity contribution >= 4 is 10.1 Å². The molecule has 0 radical (unpaired) electrons. The molecule has 3 aromatic carbocycles. The Morgan fingerprint density at radius 1 is 0.710 bits per heavy atom. The lowest BCUT2D eigenvalue weighted by atomic mass is 9.77. The highest BCUT2D eigenvalue weighted by molar-refractivity contribution is 7.86. The number of rotatable bonds is 1. The molecule has 3 nitrogen and oxygen atoms in total. The molecule has 0 aromatic heterocycles. The molecule has 0 saturated heterocycles. The number of halogens is 3. The molecule has 0 heterocycles. The first kappa shape index (κ1) is 22.9. The Kier molecular flexibility index (Phi) is 5.95. The fourth-order valence-corrected chi connectivity index (χ4v) is 3.66. The highest BCUT2D eigenvalue weighted by atomic mass is 32.2. The van der Waals surface area contributed by atoms with Crippen molar-refractivity contribution in [2.75, 3.05) is 0 Å². The third kappa shape index (κ3) is 4.62. The van der Waals surface area contributed by atoms with E-state index in [9.17, 15) is 13.2 Å². The van der Waals surface area contributed by atoms with Gasteiger partial charge in [0.1, 0.15) is 0 Å². The molecule has 31 heavy (non-hydrogen) atoms. The molecule has 7 heteroatoms. The van der Waals surface area contributed by atoms with E-state index in [0.717, 1.165) is 0 Å². The summed E-state index contributed by atoms with van der Waals surface area (Å²) in [5, 5.41) is 0. The van der Waals surface area contributed by atoms with E-state index >= 15 is 0 Å². The Morgan fingerprint density at radius 3 is 1.45 bits per heavy atom. The molecule has 0 N–H and O–H groups in total. The van der Waals surface area contributed by atoms with Gasteiger partial charge in [-0.2, -0.15) is 13.2 Å². The number of fused-ring (bicyclic) bond motifs is 3. The van der Waals surface area contributed by atoms with Crippen molar-refractivity contribution in [3.63, 3.8) is 0 Å². The lowest BCUT2D eigenvalue weighted by molar-refractivity contribution is -0.0517. The summed E-state index contributed by atoms with van der Waals surface area (Å²) in [4.78, 5) is 0. The van der Waals surface area contributed by atoms with Gasteiger partial charge >= 0.3 is 5.51 Å². The second-order valence-electron chi connectivity index (χ2n) is 8.16. The molecule has 0 unspecified atom stereocenters. The molecule has 0 bridgehead atoms. The van der Waals surface area contributed by atoms with Crippen LogP contribution in [-0.2, 0) is 15.5 Å². The van der Waals surface area contributed by atoms with Gasteiger partial charge in [0.15, 0.2) is 10.1 Å². The molecule has 1 aliphatic carbocycles. The average Bonchev–Trinajstić information content (AvgIpc) is 3.01. The second kappa shape index (κ2) is 8.05. The zero-order valence-corrected chi connectivity index (χ0v) is 18.0. The molecular weight excluding hydrogens is 425 g/mol. The van der Waals surface area contributed by atoms with Crippen LogP contribution >= 0.6 is 0 Å². The van der Waals surface area contributed by atoms with Crippen LogP contribution in [0, 0.1) is 5.92 Å². The quantitative estimate of drug-likeness (QED) is 0.204. The Bertz CT molecular complexity index is 1150. The summed E-state index contributed by atoms with van der Waals surface area (Å²) in [6, 6.07) is 26.4. The van der Waals surface area contributed by atoms with Crippen LogP contribution in [-0.4, -0.2) is 18.5 Å². The van der Waals surface area contributed by atoms with Crippen LogP contribution in [0.25, 0.3) is 11.1 Å². The summed E-state index contributed by atoms with van der Waals surface area (Å²) in [7, 11) is -6.09. The van der Waals surface area contributed by atoms with Crippen molar-refractivity contribution in [3.8, 4) is 11.1 Å². The van der Waals surface area contributed by atoms with Crippen molar-refractivity contribution in [1.82, 2.24) is 0 Å². The minimum Gasteiger partial charge on any atom is -0.741 e. The molecule has 0 aliphatic heterocycles. The van der Waals surface area contributed by atoms with E-state index in [1.165, 1.54) is 39.3 Å². The van der Waals surface area contributed by atoms with Gasteiger partial charge in [-0.05, 0) is 66.7 Å². The van der Waals surface area contributed by atoms with Crippen LogP contribution < -0.4 is 0 Å². The van der Waals surface area contributed by atoms with Crippen LogP contribution in [0.1, 0.15) is 43.0 Å². The van der Waals surface area contributed by atoms with E-state index in [2.05, 4.69) is 93.6 Å². The Morgan fingerprint density at radius 2 is 1.06 bits per heavy atom. The zero-order chi connectivity index (χ0) is 23.0. The molecule has 3 aromatic rings. The molecular formula is C24H21F3O3S. The minimum absolute atomic E-state index is 0.121. The van der Waals surface area contributed by atoms with E-state index < -0.39 is 15.6 Å². The fourth-order valence-electron chi connectivity index (χ4n) is 3.66. The maximum Gasteiger partial charge on any atom is 0.485 e. The lowest BCUT2D eigenvalue weighted by Gasteiger charge is -2.22. The van der Waals surface area contributed by atoms with E-state index in [1.807, 2.05) is 0 Å². The second-order valence-corrected chi connectivity index (χ2v) is 9.53. The first-order valence-corrected chi connectivity index (χ1v) is 10.9. The van der Waals surface area contributed by atoms with Crippen molar-refractivity contribution in [2.45, 2.75) is 31.7 Å². The molecule has 162 valence electrons. The summed E-state index contributed by atoms with van der Waals surface area (Å²) in [5.74, 6) is 1.38. The lowest BCUT2D eigenvalue weighted by Crippen LogP contribution is -2.21. The molecule has 1 aliphatic rings. The van der Waals surface area contributed by atoms with Crippen LogP contribution in [0.15, 0.2) is 72.8 Å². The van der Waals surface area contributed by atoms with Crippen molar-refractivity contribution < 1.29 is 26.1 Å². The Balaban J connectivity index is 0.000000293. The normalized spacial score (nSPS) is 13.2. The van der Waals surface area contributed by atoms with Gasteiger partial charge in [-0.15, -0.1) is 0 Å². The highest BCUT2D eigenvalue weighted by Gasteiger charge is 2.38. The maximum absolute atomic E-state index is 10.7. The topological polar surface area (TPSA) is 57.2 Å². The van der Waals surface area contributed by atoms with Crippen molar-refractivity contribution in [2.24, 2.45) is 0 Å². The van der Waals surface area contributed by atoms with Gasteiger partial charge in [0.25, 0.3) is 0 Å². The number of benzene rings is 3. The number of hydrogen-bond acceptors (Lipinski definition) is 3. The summed E-state index contributed by atoms with van der Waals surface area (Å²) >= 11 is 0. The Labute approximate surface area is 180 Å². The standard InChI is InChI=1S/C23H21.CHF3O3S/c1-23(2,3)21-15-9-8-14-20(21)22-18-12-6-4-10-16(18)17-11-5-7-13-19(17)22;2-1(3,4)8(5,6)7/h4-15H,1-3H3;(H,5,6,7)/q+1;/p-1. The number of hydrogen-bond donors (Lipinski definition) is 0. The van der Waals surface area contributed by atoms with Crippen LogP contribution in [0.5, 0.6) is 0 Å². The van der Waals surface area contributed by atoms with Crippen molar-refractivity contribution in [3.05, 3.63) is 101 Å². The predicted octanol–water partition coefficient (Wildman–Crippen LogP) is 6.04. The van der Waals surface area contributed by atoms with Gasteiger partial charge < -0.3 is 4.55 Å². The third-order valence-electron chi connectivity index (χ3n) is 4.97. The molecule has 0 fully saturated rings. The monoisotopic (exact) mass is 446 g/mol. The Hall–Kier alpha value is -2.77. The molecule has 0 saturated carbocycles. The third-order valence-corrected chi connectivity index (χ3v) is 5.54. The maximum atomic E-state index is 10.7. The van der Waals surface area contributed by atoms with Gasteiger partial charge in [-0.3, -0.25) is 0 Å². The predicted molar refractivity (Wildman–Crippen MR) is 113 cm³/mol. The van der Waals surface area contributed by atoms with Gasteiger partial charge in [0.2, 0.25) is 0 Å². The van der Waals surface area contributed by atoms with Gasteiger partial charge in [-0.25, -0.2) is 8.42 Å².